The van der Waals surface area contributed by atoms with Gasteiger partial charge in [0.25, 0.3) is 0 Å². The Balaban J connectivity index is 1.99. The maximum atomic E-state index is 14.1. The Morgan fingerprint density at radius 3 is 2.85 bits per heavy atom. The molecule has 3 rings (SSSR count). The Hall–Kier alpha value is -1.88. The van der Waals surface area contributed by atoms with Gasteiger partial charge in [0.2, 0.25) is 5.89 Å². The quantitative estimate of drug-likeness (QED) is 0.680. The lowest BCUT2D eigenvalue weighted by molar-refractivity contribution is -0.142. The highest BCUT2D eigenvalue weighted by Crippen LogP contribution is 2.48. The summed E-state index contributed by atoms with van der Waals surface area (Å²) in [5, 5.41) is 0.118. The number of hydrogen-bond donors (Lipinski definition) is 0. The zero-order valence-corrected chi connectivity index (χ0v) is 15.8. The van der Waals surface area contributed by atoms with Crippen LogP contribution in [0, 0.1) is 11.7 Å². The molecule has 1 aliphatic carbocycles. The lowest BCUT2D eigenvalue weighted by Crippen LogP contribution is -2.33. The molecule has 0 radical (unpaired) electrons. The van der Waals surface area contributed by atoms with Gasteiger partial charge in [0.15, 0.2) is 0 Å². The van der Waals surface area contributed by atoms with E-state index >= 15 is 0 Å². The van der Waals surface area contributed by atoms with Crippen LogP contribution in [0.4, 0.5) is 4.39 Å². The van der Waals surface area contributed by atoms with E-state index in [-0.39, 0.29) is 17.4 Å². The second-order valence-electron chi connectivity index (χ2n) is 6.99. The van der Waals surface area contributed by atoms with Crippen LogP contribution in [0.1, 0.15) is 56.7 Å². The molecule has 1 fully saturated rings. The average Bonchev–Trinajstić information content (AvgIpc) is 3.07. The molecule has 0 bridgehead atoms. The number of hydrogen-bond acceptors (Lipinski definition) is 4. The zero-order valence-electron chi connectivity index (χ0n) is 15.1. The van der Waals surface area contributed by atoms with Gasteiger partial charge in [-0.05, 0) is 50.2 Å². The summed E-state index contributed by atoms with van der Waals surface area (Å²) in [7, 11) is 0. The van der Waals surface area contributed by atoms with E-state index in [1.54, 1.807) is 13.0 Å². The predicted molar refractivity (Wildman–Crippen MR) is 96.7 cm³/mol. The number of ether oxygens (including phenoxy) is 1. The number of nitrogens with zero attached hydrogens (tertiary/aromatic N) is 1. The molecule has 0 N–H and O–H groups in total. The van der Waals surface area contributed by atoms with Crippen LogP contribution in [0.5, 0.6) is 0 Å². The largest absolute Gasteiger partial charge is 0.466 e. The molecule has 0 atom stereocenters. The normalized spacial score (nSPS) is 23.0. The van der Waals surface area contributed by atoms with Crippen molar-refractivity contribution in [1.29, 1.82) is 0 Å². The molecule has 1 heterocycles. The van der Waals surface area contributed by atoms with Crippen molar-refractivity contribution in [1.82, 2.24) is 4.98 Å². The van der Waals surface area contributed by atoms with Gasteiger partial charge < -0.3 is 9.15 Å². The highest BCUT2D eigenvalue weighted by Gasteiger charge is 2.43. The van der Waals surface area contributed by atoms with Crippen LogP contribution in [0.3, 0.4) is 0 Å². The smallest absolute Gasteiger partial charge is 0.311 e. The van der Waals surface area contributed by atoms with Crippen LogP contribution in [0.2, 0.25) is 5.02 Å². The Bertz CT molecular complexity index is 781. The topological polar surface area (TPSA) is 52.3 Å². The van der Waals surface area contributed by atoms with Crippen molar-refractivity contribution < 1.29 is 18.3 Å². The second-order valence-corrected chi connectivity index (χ2v) is 7.37. The van der Waals surface area contributed by atoms with Crippen molar-refractivity contribution in [3.05, 3.63) is 52.5 Å². The number of oxazole rings is 1. The first-order chi connectivity index (χ1) is 12.5. The summed E-state index contributed by atoms with van der Waals surface area (Å²) in [6, 6.07) is 4.86. The first-order valence-corrected chi connectivity index (χ1v) is 9.39. The molecule has 0 aliphatic heterocycles. The van der Waals surface area contributed by atoms with Crippen molar-refractivity contribution in [2.45, 2.75) is 51.4 Å². The number of aromatic nitrogens is 1. The molecule has 1 saturated carbocycles. The fourth-order valence-corrected chi connectivity index (χ4v) is 4.00. The molecule has 4 nitrogen and oxygen atoms in total. The Morgan fingerprint density at radius 1 is 1.42 bits per heavy atom. The van der Waals surface area contributed by atoms with Crippen molar-refractivity contribution >= 4 is 17.6 Å². The SMILES string of the molecule is CCOC(=O)Cc1coc(C2(c3cccc(F)c3Cl)CCC(C)CC2)n1. The number of carbonyl (C=O) groups excluding carboxylic acids is 1. The molecule has 1 aliphatic rings. The molecule has 6 heteroatoms. The van der Waals surface area contributed by atoms with Crippen LogP contribution in [0.15, 0.2) is 28.9 Å². The third-order valence-electron chi connectivity index (χ3n) is 5.19. The maximum Gasteiger partial charge on any atom is 0.311 e. The van der Waals surface area contributed by atoms with Crippen molar-refractivity contribution in [2.24, 2.45) is 5.92 Å². The first-order valence-electron chi connectivity index (χ1n) is 9.01. The number of halogens is 2. The minimum atomic E-state index is -0.571. The highest BCUT2D eigenvalue weighted by atomic mass is 35.5. The predicted octanol–water partition coefficient (Wildman–Crippen LogP) is 5.07. The lowest BCUT2D eigenvalue weighted by atomic mass is 9.66. The summed E-state index contributed by atoms with van der Waals surface area (Å²) in [6.45, 7) is 4.29. The fourth-order valence-electron chi connectivity index (χ4n) is 3.69. The van der Waals surface area contributed by atoms with E-state index in [1.807, 2.05) is 6.07 Å². The minimum absolute atomic E-state index is 0.0563. The molecule has 26 heavy (non-hydrogen) atoms. The van der Waals surface area contributed by atoms with E-state index in [2.05, 4.69) is 11.9 Å². The highest BCUT2D eigenvalue weighted by molar-refractivity contribution is 6.31. The van der Waals surface area contributed by atoms with Crippen molar-refractivity contribution in [2.75, 3.05) is 6.61 Å². The van der Waals surface area contributed by atoms with E-state index in [1.165, 1.54) is 12.3 Å². The lowest BCUT2D eigenvalue weighted by Gasteiger charge is -2.38. The van der Waals surface area contributed by atoms with Gasteiger partial charge in [0.1, 0.15) is 12.1 Å². The Kier molecular flexibility index (Phi) is 5.66. The molecule has 1 aromatic carbocycles. The summed E-state index contributed by atoms with van der Waals surface area (Å²) in [6.07, 6.45) is 5.04. The molecule has 0 unspecified atom stereocenters. The van der Waals surface area contributed by atoms with Crippen LogP contribution in [-0.2, 0) is 21.4 Å². The molecular weight excluding hydrogens is 357 g/mol. The first kappa shape index (κ1) is 18.9. The molecule has 0 amide bonds. The van der Waals surface area contributed by atoms with E-state index < -0.39 is 11.2 Å². The standard InChI is InChI=1S/C20H23ClFNO3/c1-3-25-17(24)11-14-12-26-19(23-14)20(9-7-13(2)8-10-20)15-5-4-6-16(22)18(15)21/h4-6,12-13H,3,7-11H2,1-2H3. The molecule has 1 aromatic heterocycles. The Morgan fingerprint density at radius 2 is 2.15 bits per heavy atom. The third kappa shape index (κ3) is 3.63. The number of benzene rings is 1. The van der Waals surface area contributed by atoms with Gasteiger partial charge in [-0.25, -0.2) is 9.37 Å². The van der Waals surface area contributed by atoms with Crippen LogP contribution in [0.25, 0.3) is 0 Å². The van der Waals surface area contributed by atoms with Crippen LogP contribution in [-0.4, -0.2) is 17.6 Å². The van der Waals surface area contributed by atoms with E-state index in [4.69, 9.17) is 20.8 Å². The van der Waals surface area contributed by atoms with Gasteiger partial charge in [-0.2, -0.15) is 0 Å². The second kappa shape index (κ2) is 7.78. The third-order valence-corrected chi connectivity index (χ3v) is 5.57. The van der Waals surface area contributed by atoms with Crippen LogP contribution < -0.4 is 0 Å². The fraction of sp³-hybridized carbons (Fsp3) is 0.500. The summed E-state index contributed by atoms with van der Waals surface area (Å²) in [5.41, 5.74) is 0.651. The maximum absolute atomic E-state index is 14.1. The van der Waals surface area contributed by atoms with Crippen molar-refractivity contribution in [3.8, 4) is 0 Å². The molecular formula is C20H23ClFNO3. The molecule has 0 spiro atoms. The molecule has 140 valence electrons. The van der Waals surface area contributed by atoms with Gasteiger partial charge in [-0.3, -0.25) is 4.79 Å². The van der Waals surface area contributed by atoms with E-state index in [0.717, 1.165) is 25.7 Å². The summed E-state index contributed by atoms with van der Waals surface area (Å²) in [5.74, 6) is 0.295. The number of rotatable bonds is 5. The zero-order chi connectivity index (χ0) is 18.7. The van der Waals surface area contributed by atoms with Crippen LogP contribution >= 0.6 is 11.6 Å². The monoisotopic (exact) mass is 379 g/mol. The van der Waals surface area contributed by atoms with Gasteiger partial charge in [-0.1, -0.05) is 30.7 Å². The van der Waals surface area contributed by atoms with Gasteiger partial charge in [-0.15, -0.1) is 0 Å². The van der Waals surface area contributed by atoms with E-state index in [0.29, 0.717) is 29.7 Å². The number of esters is 1. The summed E-state index contributed by atoms with van der Waals surface area (Å²) < 4.78 is 24.9. The van der Waals surface area contributed by atoms with Crippen molar-refractivity contribution in [3.63, 3.8) is 0 Å². The summed E-state index contributed by atoms with van der Waals surface area (Å²) in [4.78, 5) is 16.3. The van der Waals surface area contributed by atoms with E-state index in [9.17, 15) is 9.18 Å². The number of carbonyl (C=O) groups is 1. The minimum Gasteiger partial charge on any atom is -0.466 e. The Labute approximate surface area is 157 Å². The average molecular weight is 380 g/mol. The summed E-state index contributed by atoms with van der Waals surface area (Å²) >= 11 is 6.32. The molecule has 2 aromatic rings. The van der Waals surface area contributed by atoms with Gasteiger partial charge in [0, 0.05) is 0 Å². The van der Waals surface area contributed by atoms with Gasteiger partial charge >= 0.3 is 5.97 Å². The molecule has 0 saturated heterocycles. The van der Waals surface area contributed by atoms with Gasteiger partial charge in [0.05, 0.1) is 29.2 Å².